The summed E-state index contributed by atoms with van der Waals surface area (Å²) < 4.78 is 0. The highest BCUT2D eigenvalue weighted by molar-refractivity contribution is 5.32. The molecule has 1 aliphatic heterocycles. The number of hydrogen-bond acceptors (Lipinski definition) is 2. The Kier molecular flexibility index (Phi) is 3.53. The number of piperidine rings is 1. The summed E-state index contributed by atoms with van der Waals surface area (Å²) in [7, 11) is 0. The van der Waals surface area contributed by atoms with Gasteiger partial charge in [0.25, 0.3) is 0 Å². The molecule has 0 radical (unpaired) electrons. The second-order valence-corrected chi connectivity index (χ2v) is 6.85. The van der Waals surface area contributed by atoms with Crippen LogP contribution in [0.4, 0.5) is 0 Å². The fourth-order valence-corrected chi connectivity index (χ4v) is 4.08. The lowest BCUT2D eigenvalue weighted by atomic mass is 9.87. The van der Waals surface area contributed by atoms with Gasteiger partial charge >= 0.3 is 0 Å². The Balaban J connectivity index is 1.38. The van der Waals surface area contributed by atoms with E-state index in [-0.39, 0.29) is 0 Å². The van der Waals surface area contributed by atoms with Crippen LogP contribution in [0.25, 0.3) is 0 Å². The molecule has 2 aliphatic carbocycles. The van der Waals surface area contributed by atoms with Gasteiger partial charge in [-0.05, 0) is 69.2 Å². The normalized spacial score (nSPS) is 28.3. The van der Waals surface area contributed by atoms with E-state index in [4.69, 9.17) is 0 Å². The molecule has 0 spiro atoms. The molecule has 1 unspecified atom stereocenters. The molecule has 1 saturated carbocycles. The third-order valence-corrected chi connectivity index (χ3v) is 5.40. The van der Waals surface area contributed by atoms with Crippen LogP contribution in [-0.2, 0) is 6.42 Å². The van der Waals surface area contributed by atoms with Gasteiger partial charge in [0.2, 0.25) is 0 Å². The Morgan fingerprint density at radius 2 is 1.75 bits per heavy atom. The lowest BCUT2D eigenvalue weighted by Gasteiger charge is -2.36. The number of nitrogens with zero attached hydrogens (tertiary/aromatic N) is 1. The minimum Gasteiger partial charge on any atom is -0.307 e. The summed E-state index contributed by atoms with van der Waals surface area (Å²) in [5.74, 6) is 0. The van der Waals surface area contributed by atoms with E-state index < -0.39 is 0 Å². The average molecular weight is 270 g/mol. The molecule has 108 valence electrons. The summed E-state index contributed by atoms with van der Waals surface area (Å²) in [6.07, 6.45) is 9.52. The van der Waals surface area contributed by atoms with Gasteiger partial charge in [0.1, 0.15) is 0 Å². The van der Waals surface area contributed by atoms with E-state index in [0.29, 0.717) is 6.04 Å². The van der Waals surface area contributed by atoms with Crippen LogP contribution in [-0.4, -0.2) is 30.1 Å². The molecule has 2 heteroatoms. The predicted molar refractivity (Wildman–Crippen MR) is 82.9 cm³/mol. The van der Waals surface area contributed by atoms with E-state index in [1.165, 1.54) is 58.0 Å². The van der Waals surface area contributed by atoms with Gasteiger partial charge in [-0.25, -0.2) is 0 Å². The van der Waals surface area contributed by atoms with E-state index in [0.717, 1.165) is 12.1 Å². The van der Waals surface area contributed by atoms with Crippen LogP contribution in [0.5, 0.6) is 0 Å². The van der Waals surface area contributed by atoms with Crippen LogP contribution in [0.2, 0.25) is 0 Å². The lowest BCUT2D eigenvalue weighted by molar-refractivity contribution is 0.180. The first-order valence-corrected chi connectivity index (χ1v) is 8.48. The zero-order valence-electron chi connectivity index (χ0n) is 12.4. The first-order valence-electron chi connectivity index (χ1n) is 8.48. The summed E-state index contributed by atoms with van der Waals surface area (Å²) in [6, 6.07) is 11.3. The summed E-state index contributed by atoms with van der Waals surface area (Å²) >= 11 is 0. The molecule has 1 atom stereocenters. The summed E-state index contributed by atoms with van der Waals surface area (Å²) in [5.41, 5.74) is 3.15. The molecule has 3 aliphatic rings. The molecule has 2 nitrogen and oxygen atoms in total. The number of nitrogens with one attached hydrogen (secondary N) is 1. The van der Waals surface area contributed by atoms with Crippen LogP contribution in [0.15, 0.2) is 24.3 Å². The molecule has 1 saturated heterocycles. The highest BCUT2D eigenvalue weighted by atomic mass is 15.2. The van der Waals surface area contributed by atoms with Crippen molar-refractivity contribution in [3.63, 3.8) is 0 Å². The fraction of sp³-hybridized carbons (Fsp3) is 0.667. The minimum atomic E-state index is 0.609. The highest BCUT2D eigenvalue weighted by Gasteiger charge is 2.32. The molecule has 1 aromatic carbocycles. The van der Waals surface area contributed by atoms with Crippen molar-refractivity contribution in [2.24, 2.45) is 0 Å². The van der Waals surface area contributed by atoms with Gasteiger partial charge < -0.3 is 10.2 Å². The van der Waals surface area contributed by atoms with Gasteiger partial charge in [-0.3, -0.25) is 0 Å². The summed E-state index contributed by atoms with van der Waals surface area (Å²) in [5, 5.41) is 3.97. The first kappa shape index (κ1) is 12.8. The van der Waals surface area contributed by atoms with Crippen molar-refractivity contribution in [2.75, 3.05) is 13.1 Å². The number of fused-ring (bicyclic) bond motifs is 1. The van der Waals surface area contributed by atoms with Crippen molar-refractivity contribution in [1.82, 2.24) is 10.2 Å². The second kappa shape index (κ2) is 5.50. The average Bonchev–Trinajstić information content (AvgIpc) is 3.33. The zero-order chi connectivity index (χ0) is 13.4. The molecule has 1 N–H and O–H groups in total. The van der Waals surface area contributed by atoms with Crippen molar-refractivity contribution in [3.05, 3.63) is 35.4 Å². The number of rotatable bonds is 3. The van der Waals surface area contributed by atoms with E-state index in [1.807, 2.05) is 0 Å². The van der Waals surface area contributed by atoms with E-state index in [9.17, 15) is 0 Å². The fourth-order valence-electron chi connectivity index (χ4n) is 4.08. The lowest BCUT2D eigenvalue weighted by Crippen LogP contribution is -2.44. The maximum Gasteiger partial charge on any atom is 0.0325 e. The van der Waals surface area contributed by atoms with Crippen LogP contribution in [0, 0.1) is 0 Å². The molecule has 0 amide bonds. The van der Waals surface area contributed by atoms with E-state index in [2.05, 4.69) is 34.5 Å². The van der Waals surface area contributed by atoms with Gasteiger partial charge in [0.05, 0.1) is 0 Å². The molecule has 2 fully saturated rings. The molecule has 20 heavy (non-hydrogen) atoms. The Labute approximate surface area is 122 Å². The van der Waals surface area contributed by atoms with Crippen molar-refractivity contribution >= 4 is 0 Å². The molecule has 0 aromatic heterocycles. The number of likely N-dealkylation sites (tertiary alicyclic amines) is 1. The molecular formula is C18H26N2. The third kappa shape index (κ3) is 2.64. The topological polar surface area (TPSA) is 15.3 Å². The van der Waals surface area contributed by atoms with Crippen molar-refractivity contribution in [1.29, 1.82) is 0 Å². The van der Waals surface area contributed by atoms with Gasteiger partial charge in [-0.2, -0.15) is 0 Å². The predicted octanol–water partition coefficient (Wildman–Crippen LogP) is 3.28. The summed E-state index contributed by atoms with van der Waals surface area (Å²) in [4.78, 5) is 2.72. The number of hydrogen-bond donors (Lipinski definition) is 1. The van der Waals surface area contributed by atoms with Crippen LogP contribution in [0.3, 0.4) is 0 Å². The number of aryl methyl sites for hydroxylation is 1. The van der Waals surface area contributed by atoms with Crippen molar-refractivity contribution in [3.8, 4) is 0 Å². The monoisotopic (exact) mass is 270 g/mol. The highest BCUT2D eigenvalue weighted by Crippen LogP contribution is 2.32. The largest absolute Gasteiger partial charge is 0.307 e. The van der Waals surface area contributed by atoms with Gasteiger partial charge in [-0.1, -0.05) is 24.3 Å². The second-order valence-electron chi connectivity index (χ2n) is 6.85. The maximum absolute atomic E-state index is 3.97. The Morgan fingerprint density at radius 1 is 0.950 bits per heavy atom. The van der Waals surface area contributed by atoms with Gasteiger partial charge in [-0.15, -0.1) is 0 Å². The number of benzene rings is 1. The first-order chi connectivity index (χ1) is 9.90. The van der Waals surface area contributed by atoms with Gasteiger partial charge in [0, 0.05) is 18.1 Å². The third-order valence-electron chi connectivity index (χ3n) is 5.40. The Bertz CT molecular complexity index is 458. The molecule has 1 aromatic rings. The SMILES string of the molecule is c1ccc2c(c1)CCCC2NC1CCN(C2CC2)CC1. The van der Waals surface area contributed by atoms with Crippen molar-refractivity contribution in [2.45, 2.75) is 63.1 Å². The Hall–Kier alpha value is -0.860. The molecule has 4 rings (SSSR count). The Morgan fingerprint density at radius 3 is 2.55 bits per heavy atom. The van der Waals surface area contributed by atoms with Crippen LogP contribution < -0.4 is 5.32 Å². The standard InChI is InChI=1S/C18H26N2/c1-2-6-17-14(4-1)5-3-7-18(17)19-15-10-12-20(13-11-15)16-8-9-16/h1-2,4,6,15-16,18-19H,3,5,7-13H2. The maximum atomic E-state index is 3.97. The van der Waals surface area contributed by atoms with E-state index in [1.54, 1.807) is 11.1 Å². The summed E-state index contributed by atoms with van der Waals surface area (Å²) in [6.45, 7) is 2.63. The van der Waals surface area contributed by atoms with Crippen molar-refractivity contribution < 1.29 is 0 Å². The quantitative estimate of drug-likeness (QED) is 0.907. The van der Waals surface area contributed by atoms with Gasteiger partial charge in [0.15, 0.2) is 0 Å². The smallest absolute Gasteiger partial charge is 0.0325 e. The zero-order valence-corrected chi connectivity index (χ0v) is 12.4. The molecule has 1 heterocycles. The molecule has 0 bridgehead atoms. The van der Waals surface area contributed by atoms with Crippen LogP contribution >= 0.6 is 0 Å². The van der Waals surface area contributed by atoms with E-state index >= 15 is 0 Å². The molecular weight excluding hydrogens is 244 g/mol. The minimum absolute atomic E-state index is 0.609. The van der Waals surface area contributed by atoms with Crippen LogP contribution in [0.1, 0.15) is 55.7 Å².